The zero-order valence-electron chi connectivity index (χ0n) is 9.98. The summed E-state index contributed by atoms with van der Waals surface area (Å²) in [6.07, 6.45) is 2.63. The standard InChI is InChI=1S/C13H19BrS/c1-12(2)5-6-13(3,4)11-10(12)7-9(8-14)15-11/h7H,5-6,8H2,1-4H3. The van der Waals surface area contributed by atoms with E-state index in [1.54, 1.807) is 10.4 Å². The topological polar surface area (TPSA) is 0 Å². The maximum absolute atomic E-state index is 3.57. The number of hydrogen-bond donors (Lipinski definition) is 0. The third-order valence-corrected chi connectivity index (χ3v) is 6.11. The van der Waals surface area contributed by atoms with Crippen molar-refractivity contribution in [3.8, 4) is 0 Å². The van der Waals surface area contributed by atoms with Crippen molar-refractivity contribution in [3.05, 3.63) is 21.4 Å². The summed E-state index contributed by atoms with van der Waals surface area (Å²) in [4.78, 5) is 3.09. The van der Waals surface area contributed by atoms with Crippen molar-refractivity contribution in [2.75, 3.05) is 0 Å². The quantitative estimate of drug-likeness (QED) is 0.638. The van der Waals surface area contributed by atoms with Crippen molar-refractivity contribution in [1.82, 2.24) is 0 Å². The van der Waals surface area contributed by atoms with Crippen molar-refractivity contribution in [2.45, 2.75) is 56.7 Å². The number of hydrogen-bond acceptors (Lipinski definition) is 1. The van der Waals surface area contributed by atoms with Crippen molar-refractivity contribution >= 4 is 27.3 Å². The molecule has 0 spiro atoms. The molecule has 2 rings (SSSR count). The van der Waals surface area contributed by atoms with Crippen molar-refractivity contribution in [3.63, 3.8) is 0 Å². The summed E-state index contributed by atoms with van der Waals surface area (Å²) in [6, 6.07) is 2.41. The minimum absolute atomic E-state index is 0.377. The van der Waals surface area contributed by atoms with E-state index in [9.17, 15) is 0 Å². The fourth-order valence-electron chi connectivity index (χ4n) is 2.39. The molecule has 1 aliphatic carbocycles. The lowest BCUT2D eigenvalue weighted by molar-refractivity contribution is 0.339. The van der Waals surface area contributed by atoms with Crippen LogP contribution in [0.5, 0.6) is 0 Å². The Labute approximate surface area is 105 Å². The second kappa shape index (κ2) is 3.59. The average molecular weight is 287 g/mol. The molecule has 0 nitrogen and oxygen atoms in total. The van der Waals surface area contributed by atoms with Crippen LogP contribution >= 0.6 is 27.3 Å². The van der Waals surface area contributed by atoms with Crippen LogP contribution in [-0.2, 0) is 16.2 Å². The maximum atomic E-state index is 3.57. The molecule has 1 aliphatic rings. The highest BCUT2D eigenvalue weighted by atomic mass is 79.9. The highest BCUT2D eigenvalue weighted by molar-refractivity contribution is 9.08. The Morgan fingerprint density at radius 1 is 1.20 bits per heavy atom. The average Bonchev–Trinajstić information content (AvgIpc) is 2.59. The predicted molar refractivity (Wildman–Crippen MR) is 72.2 cm³/mol. The molecule has 0 N–H and O–H groups in total. The lowest BCUT2D eigenvalue weighted by Gasteiger charge is -2.39. The zero-order valence-corrected chi connectivity index (χ0v) is 12.4. The summed E-state index contributed by atoms with van der Waals surface area (Å²) < 4.78 is 0. The maximum Gasteiger partial charge on any atom is 0.0377 e. The van der Waals surface area contributed by atoms with Crippen molar-refractivity contribution in [1.29, 1.82) is 0 Å². The molecule has 0 saturated carbocycles. The number of thiophene rings is 1. The summed E-state index contributed by atoms with van der Waals surface area (Å²) in [5, 5.41) is 0.997. The Morgan fingerprint density at radius 3 is 2.33 bits per heavy atom. The molecule has 0 aromatic carbocycles. The lowest BCUT2D eigenvalue weighted by Crippen LogP contribution is -2.31. The van der Waals surface area contributed by atoms with Gasteiger partial charge in [0.2, 0.25) is 0 Å². The highest BCUT2D eigenvalue weighted by Gasteiger charge is 2.38. The Bertz CT molecular complexity index is 340. The van der Waals surface area contributed by atoms with E-state index in [1.807, 2.05) is 11.3 Å². The zero-order chi connectivity index (χ0) is 11.3. The number of rotatable bonds is 1. The van der Waals surface area contributed by atoms with Gasteiger partial charge in [0, 0.05) is 15.1 Å². The molecule has 0 atom stereocenters. The summed E-state index contributed by atoms with van der Waals surface area (Å²) in [7, 11) is 0. The van der Waals surface area contributed by atoms with Crippen LogP contribution in [-0.4, -0.2) is 0 Å². The summed E-state index contributed by atoms with van der Waals surface area (Å²) in [6.45, 7) is 9.53. The monoisotopic (exact) mass is 286 g/mol. The Balaban J connectivity index is 2.57. The second-order valence-corrected chi connectivity index (χ2v) is 7.55. The fraction of sp³-hybridized carbons (Fsp3) is 0.692. The van der Waals surface area contributed by atoms with E-state index < -0.39 is 0 Å². The molecule has 0 aliphatic heterocycles. The first-order valence-electron chi connectivity index (χ1n) is 5.56. The lowest BCUT2D eigenvalue weighted by atomic mass is 9.67. The molecule has 1 heterocycles. The molecule has 0 unspecified atom stereocenters. The van der Waals surface area contributed by atoms with Gasteiger partial charge < -0.3 is 0 Å². The summed E-state index contributed by atoms with van der Waals surface area (Å²) >= 11 is 5.57. The van der Waals surface area contributed by atoms with Crippen molar-refractivity contribution in [2.24, 2.45) is 0 Å². The van der Waals surface area contributed by atoms with E-state index in [0.717, 1.165) is 5.33 Å². The van der Waals surface area contributed by atoms with Gasteiger partial charge in [-0.25, -0.2) is 0 Å². The van der Waals surface area contributed by atoms with Crippen LogP contribution in [0.15, 0.2) is 6.07 Å². The number of halogens is 1. The Hall–Kier alpha value is 0.180. The van der Waals surface area contributed by atoms with E-state index in [-0.39, 0.29) is 0 Å². The largest absolute Gasteiger partial charge is 0.144 e. The van der Waals surface area contributed by atoms with Gasteiger partial charge in [-0.1, -0.05) is 43.6 Å². The molecule has 2 heteroatoms. The molecule has 1 aromatic heterocycles. The smallest absolute Gasteiger partial charge is 0.0377 e. The third-order valence-electron chi connectivity index (χ3n) is 3.63. The van der Waals surface area contributed by atoms with Crippen molar-refractivity contribution < 1.29 is 0 Å². The second-order valence-electron chi connectivity index (χ2n) is 5.86. The first-order chi connectivity index (χ1) is 6.87. The molecule has 1 aromatic rings. The van der Waals surface area contributed by atoms with Gasteiger partial charge in [0.25, 0.3) is 0 Å². The van der Waals surface area contributed by atoms with Gasteiger partial charge in [0.15, 0.2) is 0 Å². The van der Waals surface area contributed by atoms with Gasteiger partial charge in [-0.3, -0.25) is 0 Å². The van der Waals surface area contributed by atoms with E-state index in [0.29, 0.717) is 10.8 Å². The third kappa shape index (κ3) is 1.91. The minimum Gasteiger partial charge on any atom is -0.144 e. The van der Waals surface area contributed by atoms with Crippen LogP contribution in [0.3, 0.4) is 0 Å². The Morgan fingerprint density at radius 2 is 1.80 bits per heavy atom. The van der Waals surface area contributed by atoms with Gasteiger partial charge in [-0.05, 0) is 35.3 Å². The summed E-state index contributed by atoms with van der Waals surface area (Å²) in [5.74, 6) is 0. The molecule has 15 heavy (non-hydrogen) atoms. The minimum atomic E-state index is 0.377. The van der Waals surface area contributed by atoms with Crippen LogP contribution in [0.4, 0.5) is 0 Å². The predicted octanol–water partition coefficient (Wildman–Crippen LogP) is 4.99. The van der Waals surface area contributed by atoms with E-state index in [2.05, 4.69) is 49.7 Å². The van der Waals surface area contributed by atoms with Crippen LogP contribution in [0.2, 0.25) is 0 Å². The van der Waals surface area contributed by atoms with Gasteiger partial charge >= 0.3 is 0 Å². The Kier molecular flexibility index (Phi) is 2.79. The van der Waals surface area contributed by atoms with Gasteiger partial charge in [0.1, 0.15) is 0 Å². The van der Waals surface area contributed by atoms with Gasteiger partial charge in [-0.15, -0.1) is 11.3 Å². The molecule has 84 valence electrons. The highest BCUT2D eigenvalue weighted by Crippen LogP contribution is 2.49. The van der Waals surface area contributed by atoms with Crippen LogP contribution in [0, 0.1) is 0 Å². The fourth-order valence-corrected chi connectivity index (χ4v) is 4.21. The first-order valence-corrected chi connectivity index (χ1v) is 7.50. The van der Waals surface area contributed by atoms with Gasteiger partial charge in [-0.2, -0.15) is 0 Å². The number of fused-ring (bicyclic) bond motifs is 1. The summed E-state index contributed by atoms with van der Waals surface area (Å²) in [5.41, 5.74) is 2.36. The molecule has 0 saturated heterocycles. The van der Waals surface area contributed by atoms with E-state index >= 15 is 0 Å². The molecule has 0 radical (unpaired) electrons. The molecular formula is C13H19BrS. The van der Waals surface area contributed by atoms with Crippen LogP contribution in [0.25, 0.3) is 0 Å². The molecule has 0 bridgehead atoms. The SMILES string of the molecule is CC1(C)CCC(C)(C)c2sc(CBr)cc21. The molecular weight excluding hydrogens is 268 g/mol. The molecule has 0 fully saturated rings. The molecule has 0 amide bonds. The van der Waals surface area contributed by atoms with E-state index in [4.69, 9.17) is 0 Å². The van der Waals surface area contributed by atoms with E-state index in [1.165, 1.54) is 17.7 Å². The van der Waals surface area contributed by atoms with Gasteiger partial charge in [0.05, 0.1) is 0 Å². The first kappa shape index (κ1) is 11.7. The normalized spacial score (nSPS) is 22.5. The van der Waals surface area contributed by atoms with Crippen LogP contribution < -0.4 is 0 Å². The number of alkyl halides is 1. The van der Waals surface area contributed by atoms with Crippen LogP contribution in [0.1, 0.15) is 55.9 Å².